The van der Waals surface area contributed by atoms with Gasteiger partial charge in [-0.05, 0) is 46.1 Å². The Labute approximate surface area is 101 Å². The summed E-state index contributed by atoms with van der Waals surface area (Å²) in [4.78, 5) is 0. The normalized spacial score (nSPS) is 19.5. The number of hydrogen-bond acceptors (Lipinski definition) is 2. The van der Waals surface area contributed by atoms with Gasteiger partial charge in [0.25, 0.3) is 0 Å². The fourth-order valence-electron chi connectivity index (χ4n) is 2.47. The quantitative estimate of drug-likeness (QED) is 0.686. The Balaban J connectivity index is 2.46. The number of hydrogen-bond donors (Lipinski definition) is 1. The molecule has 0 heterocycles. The van der Waals surface area contributed by atoms with Crippen LogP contribution in [-0.4, -0.2) is 24.8 Å². The second-order valence-electron chi connectivity index (χ2n) is 5.58. The molecule has 0 saturated heterocycles. The average molecular weight is 227 g/mol. The summed E-state index contributed by atoms with van der Waals surface area (Å²) in [6.07, 6.45) is 6.76. The van der Waals surface area contributed by atoms with E-state index in [1.54, 1.807) is 0 Å². The van der Waals surface area contributed by atoms with Crippen molar-refractivity contribution in [3.8, 4) is 0 Å². The third-order valence-corrected chi connectivity index (χ3v) is 3.79. The van der Waals surface area contributed by atoms with Crippen molar-refractivity contribution in [2.75, 3.05) is 13.2 Å². The molecule has 0 bridgehead atoms. The lowest BCUT2D eigenvalue weighted by Gasteiger charge is -2.39. The molecule has 2 nitrogen and oxygen atoms in total. The summed E-state index contributed by atoms with van der Waals surface area (Å²) >= 11 is 0. The number of nitrogens with one attached hydrogen (secondary N) is 1. The zero-order chi connectivity index (χ0) is 12.0. The van der Waals surface area contributed by atoms with E-state index in [4.69, 9.17) is 4.74 Å². The fraction of sp³-hybridized carbons (Fsp3) is 1.00. The van der Waals surface area contributed by atoms with E-state index in [-0.39, 0.29) is 5.60 Å². The standard InChI is InChI=1S/C14H29NO/c1-5-10-15-13(11-12-8-7-9-12)14(3,4)16-6-2/h12-13,15H,5-11H2,1-4H3. The molecule has 96 valence electrons. The molecule has 0 radical (unpaired) electrons. The van der Waals surface area contributed by atoms with Crippen molar-refractivity contribution in [3.63, 3.8) is 0 Å². The highest BCUT2D eigenvalue weighted by Crippen LogP contribution is 2.33. The molecule has 1 N–H and O–H groups in total. The van der Waals surface area contributed by atoms with Gasteiger partial charge < -0.3 is 10.1 Å². The molecule has 1 saturated carbocycles. The molecule has 2 heteroatoms. The maximum Gasteiger partial charge on any atom is 0.0778 e. The Kier molecular flexibility index (Phi) is 5.77. The first kappa shape index (κ1) is 14.0. The molecule has 1 fully saturated rings. The average Bonchev–Trinajstić information content (AvgIpc) is 2.14. The van der Waals surface area contributed by atoms with Gasteiger partial charge in [-0.2, -0.15) is 0 Å². The fourth-order valence-corrected chi connectivity index (χ4v) is 2.47. The first-order valence-electron chi connectivity index (χ1n) is 6.97. The molecule has 0 spiro atoms. The van der Waals surface area contributed by atoms with Crippen LogP contribution < -0.4 is 5.32 Å². The van der Waals surface area contributed by atoms with Crippen molar-refractivity contribution in [2.45, 2.75) is 71.4 Å². The van der Waals surface area contributed by atoms with Gasteiger partial charge in [-0.1, -0.05) is 26.2 Å². The van der Waals surface area contributed by atoms with Crippen LogP contribution in [0.25, 0.3) is 0 Å². The van der Waals surface area contributed by atoms with Crippen LogP contribution in [0.15, 0.2) is 0 Å². The predicted molar refractivity (Wildman–Crippen MR) is 69.7 cm³/mol. The molecule has 1 atom stereocenters. The molecule has 1 aliphatic carbocycles. The van der Waals surface area contributed by atoms with Crippen LogP contribution in [0.4, 0.5) is 0 Å². The van der Waals surface area contributed by atoms with Crippen LogP contribution in [0.1, 0.15) is 59.8 Å². The summed E-state index contributed by atoms with van der Waals surface area (Å²) in [6.45, 7) is 10.7. The van der Waals surface area contributed by atoms with Gasteiger partial charge in [-0.3, -0.25) is 0 Å². The summed E-state index contributed by atoms with van der Waals surface area (Å²) < 4.78 is 5.90. The van der Waals surface area contributed by atoms with Crippen molar-refractivity contribution in [3.05, 3.63) is 0 Å². The first-order chi connectivity index (χ1) is 7.60. The molecular formula is C14H29NO. The van der Waals surface area contributed by atoms with E-state index in [1.807, 2.05) is 0 Å². The van der Waals surface area contributed by atoms with Gasteiger partial charge in [0.05, 0.1) is 5.60 Å². The monoisotopic (exact) mass is 227 g/mol. The van der Waals surface area contributed by atoms with Gasteiger partial charge in [0.2, 0.25) is 0 Å². The Morgan fingerprint density at radius 2 is 2.00 bits per heavy atom. The zero-order valence-corrected chi connectivity index (χ0v) is 11.5. The van der Waals surface area contributed by atoms with E-state index in [2.05, 4.69) is 33.0 Å². The molecule has 0 aromatic heterocycles. The first-order valence-corrected chi connectivity index (χ1v) is 6.97. The Bertz CT molecular complexity index is 187. The minimum absolute atomic E-state index is 0.0283. The third-order valence-electron chi connectivity index (χ3n) is 3.79. The summed E-state index contributed by atoms with van der Waals surface area (Å²) in [7, 11) is 0. The van der Waals surface area contributed by atoms with Crippen molar-refractivity contribution in [2.24, 2.45) is 5.92 Å². The SMILES string of the molecule is CCCNC(CC1CCC1)C(C)(C)OCC. The van der Waals surface area contributed by atoms with Crippen LogP contribution in [-0.2, 0) is 4.74 Å². The van der Waals surface area contributed by atoms with E-state index in [0.717, 1.165) is 19.1 Å². The van der Waals surface area contributed by atoms with Gasteiger partial charge in [0.1, 0.15) is 0 Å². The lowest BCUT2D eigenvalue weighted by atomic mass is 9.77. The lowest BCUT2D eigenvalue weighted by molar-refractivity contribution is -0.0462. The molecule has 0 aromatic rings. The topological polar surface area (TPSA) is 21.3 Å². The predicted octanol–water partition coefficient (Wildman–Crippen LogP) is 3.36. The van der Waals surface area contributed by atoms with Crippen LogP contribution in [0.2, 0.25) is 0 Å². The highest BCUT2D eigenvalue weighted by atomic mass is 16.5. The number of ether oxygens (including phenoxy) is 1. The molecule has 16 heavy (non-hydrogen) atoms. The second-order valence-corrected chi connectivity index (χ2v) is 5.58. The van der Waals surface area contributed by atoms with Gasteiger partial charge in [0.15, 0.2) is 0 Å². The largest absolute Gasteiger partial charge is 0.374 e. The molecule has 0 amide bonds. The summed E-state index contributed by atoms with van der Waals surface area (Å²) in [5, 5.41) is 3.67. The minimum Gasteiger partial charge on any atom is -0.374 e. The molecule has 1 unspecified atom stereocenters. The molecular weight excluding hydrogens is 198 g/mol. The summed E-state index contributed by atoms with van der Waals surface area (Å²) in [5.41, 5.74) is -0.0283. The van der Waals surface area contributed by atoms with Crippen molar-refractivity contribution < 1.29 is 4.74 Å². The van der Waals surface area contributed by atoms with Gasteiger partial charge >= 0.3 is 0 Å². The van der Waals surface area contributed by atoms with Crippen LogP contribution >= 0.6 is 0 Å². The van der Waals surface area contributed by atoms with E-state index in [1.165, 1.54) is 32.1 Å². The van der Waals surface area contributed by atoms with Gasteiger partial charge in [0, 0.05) is 12.6 Å². The van der Waals surface area contributed by atoms with E-state index < -0.39 is 0 Å². The van der Waals surface area contributed by atoms with Crippen LogP contribution in [0.3, 0.4) is 0 Å². The van der Waals surface area contributed by atoms with Crippen molar-refractivity contribution >= 4 is 0 Å². The smallest absolute Gasteiger partial charge is 0.0778 e. The van der Waals surface area contributed by atoms with Gasteiger partial charge in [-0.25, -0.2) is 0 Å². The summed E-state index contributed by atoms with van der Waals surface area (Å²) in [5.74, 6) is 0.939. The minimum atomic E-state index is -0.0283. The lowest BCUT2D eigenvalue weighted by Crippen LogP contribution is -2.50. The van der Waals surface area contributed by atoms with Crippen molar-refractivity contribution in [1.82, 2.24) is 5.32 Å². The molecule has 1 rings (SSSR count). The number of rotatable bonds is 8. The summed E-state index contributed by atoms with van der Waals surface area (Å²) in [6, 6.07) is 0.512. The van der Waals surface area contributed by atoms with Crippen LogP contribution in [0, 0.1) is 5.92 Å². The second kappa shape index (κ2) is 6.61. The Hall–Kier alpha value is -0.0800. The van der Waals surface area contributed by atoms with Crippen molar-refractivity contribution in [1.29, 1.82) is 0 Å². The Morgan fingerprint density at radius 3 is 2.44 bits per heavy atom. The highest BCUT2D eigenvalue weighted by molar-refractivity contribution is 4.89. The maximum atomic E-state index is 5.90. The molecule has 0 aliphatic heterocycles. The zero-order valence-electron chi connectivity index (χ0n) is 11.5. The molecule has 1 aliphatic rings. The highest BCUT2D eigenvalue weighted by Gasteiger charge is 2.33. The van der Waals surface area contributed by atoms with Gasteiger partial charge in [-0.15, -0.1) is 0 Å². The molecule has 0 aromatic carbocycles. The van der Waals surface area contributed by atoms with Crippen LogP contribution in [0.5, 0.6) is 0 Å². The maximum absolute atomic E-state index is 5.90. The Morgan fingerprint density at radius 1 is 1.31 bits per heavy atom. The van der Waals surface area contributed by atoms with E-state index >= 15 is 0 Å². The third kappa shape index (κ3) is 4.06. The van der Waals surface area contributed by atoms with E-state index in [0.29, 0.717) is 6.04 Å². The van der Waals surface area contributed by atoms with E-state index in [9.17, 15) is 0 Å².